The lowest BCUT2D eigenvalue weighted by Crippen LogP contribution is -2.36. The van der Waals surface area contributed by atoms with Crippen molar-refractivity contribution in [1.29, 1.82) is 0 Å². The van der Waals surface area contributed by atoms with Crippen molar-refractivity contribution >= 4 is 5.96 Å². The first-order valence-electron chi connectivity index (χ1n) is 10.1. The van der Waals surface area contributed by atoms with Crippen LogP contribution in [0.3, 0.4) is 0 Å². The van der Waals surface area contributed by atoms with Crippen LogP contribution in [0.5, 0.6) is 23.1 Å². The molecule has 0 fully saturated rings. The van der Waals surface area contributed by atoms with Gasteiger partial charge in [0, 0.05) is 25.4 Å². The van der Waals surface area contributed by atoms with Gasteiger partial charge in [0.25, 0.3) is 0 Å². The molecule has 0 atom stereocenters. The fourth-order valence-corrected chi connectivity index (χ4v) is 2.88. The third-order valence-corrected chi connectivity index (χ3v) is 4.45. The van der Waals surface area contributed by atoms with E-state index in [1.54, 1.807) is 26.5 Å². The number of nitrogens with zero attached hydrogens (tertiary/aromatic N) is 2. The van der Waals surface area contributed by atoms with Gasteiger partial charge in [-0.15, -0.1) is 0 Å². The third-order valence-electron chi connectivity index (χ3n) is 4.45. The normalized spacial score (nSPS) is 11.0. The Morgan fingerprint density at radius 2 is 1.61 bits per heavy atom. The maximum Gasteiger partial charge on any atom is 0.219 e. The van der Waals surface area contributed by atoms with Gasteiger partial charge in [0.2, 0.25) is 11.6 Å². The molecule has 0 aliphatic carbocycles. The van der Waals surface area contributed by atoms with Gasteiger partial charge in [-0.1, -0.05) is 42.5 Å². The van der Waals surface area contributed by atoms with Gasteiger partial charge in [0.05, 0.1) is 20.8 Å². The first kappa shape index (κ1) is 22.0. The SMILES string of the molecule is CCNC(=NCc1ccc(Oc2c(OC)cccc2OC)nc1)NCc1ccccc1. The van der Waals surface area contributed by atoms with E-state index in [1.807, 2.05) is 49.4 Å². The van der Waals surface area contributed by atoms with Crippen LogP contribution in [0, 0.1) is 0 Å². The summed E-state index contributed by atoms with van der Waals surface area (Å²) in [6.45, 7) is 4.03. The molecule has 0 bridgehead atoms. The van der Waals surface area contributed by atoms with E-state index in [4.69, 9.17) is 14.2 Å². The molecule has 1 aromatic heterocycles. The van der Waals surface area contributed by atoms with Gasteiger partial charge in [-0.05, 0) is 30.2 Å². The summed E-state index contributed by atoms with van der Waals surface area (Å²) >= 11 is 0. The van der Waals surface area contributed by atoms with E-state index in [2.05, 4.69) is 32.7 Å². The summed E-state index contributed by atoms with van der Waals surface area (Å²) < 4.78 is 16.6. The molecule has 162 valence electrons. The molecule has 0 saturated carbocycles. The number of para-hydroxylation sites is 1. The quantitative estimate of drug-likeness (QED) is 0.400. The van der Waals surface area contributed by atoms with Crippen LogP contribution < -0.4 is 24.8 Å². The van der Waals surface area contributed by atoms with Crippen molar-refractivity contribution < 1.29 is 14.2 Å². The van der Waals surface area contributed by atoms with E-state index in [-0.39, 0.29) is 0 Å². The predicted molar refractivity (Wildman–Crippen MR) is 122 cm³/mol. The smallest absolute Gasteiger partial charge is 0.219 e. The van der Waals surface area contributed by atoms with Gasteiger partial charge in [-0.2, -0.15) is 0 Å². The highest BCUT2D eigenvalue weighted by molar-refractivity contribution is 5.79. The minimum Gasteiger partial charge on any atom is -0.493 e. The molecule has 2 aromatic carbocycles. The zero-order chi connectivity index (χ0) is 21.9. The van der Waals surface area contributed by atoms with E-state index < -0.39 is 0 Å². The second-order valence-electron chi connectivity index (χ2n) is 6.63. The van der Waals surface area contributed by atoms with Crippen molar-refractivity contribution in [2.75, 3.05) is 20.8 Å². The van der Waals surface area contributed by atoms with Crippen molar-refractivity contribution in [2.45, 2.75) is 20.0 Å². The number of rotatable bonds is 9. The molecule has 0 aliphatic rings. The van der Waals surface area contributed by atoms with Gasteiger partial charge >= 0.3 is 0 Å². The van der Waals surface area contributed by atoms with Crippen molar-refractivity contribution in [3.63, 3.8) is 0 Å². The Morgan fingerprint density at radius 3 is 2.23 bits per heavy atom. The second kappa shape index (κ2) is 11.4. The van der Waals surface area contributed by atoms with Crippen LogP contribution >= 0.6 is 0 Å². The Kier molecular flexibility index (Phi) is 8.11. The fourth-order valence-electron chi connectivity index (χ4n) is 2.88. The molecule has 0 amide bonds. The summed E-state index contributed by atoms with van der Waals surface area (Å²) in [5.41, 5.74) is 2.17. The summed E-state index contributed by atoms with van der Waals surface area (Å²) in [5.74, 6) is 2.85. The highest BCUT2D eigenvalue weighted by Gasteiger charge is 2.13. The van der Waals surface area contributed by atoms with Crippen molar-refractivity contribution in [2.24, 2.45) is 4.99 Å². The standard InChI is InChI=1S/C24H28N4O3/c1-4-25-24(27-15-18-9-6-5-7-10-18)28-17-19-13-14-22(26-16-19)31-23-20(29-2)11-8-12-21(23)30-3/h5-14,16H,4,15,17H2,1-3H3,(H2,25,27,28). The first-order valence-corrected chi connectivity index (χ1v) is 10.1. The van der Waals surface area contributed by atoms with Gasteiger partial charge in [0.1, 0.15) is 0 Å². The van der Waals surface area contributed by atoms with Crippen LogP contribution in [0.15, 0.2) is 71.9 Å². The zero-order valence-electron chi connectivity index (χ0n) is 18.1. The summed E-state index contributed by atoms with van der Waals surface area (Å²) in [5, 5.41) is 6.60. The second-order valence-corrected chi connectivity index (χ2v) is 6.63. The number of benzene rings is 2. The van der Waals surface area contributed by atoms with Crippen LogP contribution in [-0.4, -0.2) is 31.7 Å². The lowest BCUT2D eigenvalue weighted by Gasteiger charge is -2.13. The Morgan fingerprint density at radius 1 is 0.871 bits per heavy atom. The lowest BCUT2D eigenvalue weighted by molar-refractivity contribution is 0.342. The Bertz CT molecular complexity index is 954. The zero-order valence-corrected chi connectivity index (χ0v) is 18.1. The summed E-state index contributed by atoms with van der Waals surface area (Å²) in [6, 6.07) is 19.4. The molecule has 7 heteroatoms. The van der Waals surface area contributed by atoms with Gasteiger partial charge in [-0.3, -0.25) is 0 Å². The predicted octanol–water partition coefficient (Wildman–Crippen LogP) is 4.15. The van der Waals surface area contributed by atoms with Crippen LogP contribution in [0.2, 0.25) is 0 Å². The molecule has 2 N–H and O–H groups in total. The third kappa shape index (κ3) is 6.37. The minimum absolute atomic E-state index is 0.449. The number of guanidine groups is 1. The molecular formula is C24H28N4O3. The molecule has 0 unspecified atom stereocenters. The van der Waals surface area contributed by atoms with Gasteiger partial charge in [0.15, 0.2) is 17.5 Å². The van der Waals surface area contributed by atoms with E-state index in [1.165, 1.54) is 5.56 Å². The Balaban J connectivity index is 1.64. The first-order chi connectivity index (χ1) is 15.2. The molecule has 3 aromatic rings. The topological polar surface area (TPSA) is 77.0 Å². The van der Waals surface area contributed by atoms with Crippen molar-refractivity contribution in [1.82, 2.24) is 15.6 Å². The number of methoxy groups -OCH3 is 2. The summed E-state index contributed by atoms with van der Waals surface area (Å²) in [7, 11) is 3.17. The van der Waals surface area contributed by atoms with Crippen LogP contribution in [0.25, 0.3) is 0 Å². The number of nitrogens with one attached hydrogen (secondary N) is 2. The molecule has 0 aliphatic heterocycles. The Labute approximate surface area is 183 Å². The molecule has 31 heavy (non-hydrogen) atoms. The van der Waals surface area contributed by atoms with E-state index in [0.29, 0.717) is 36.2 Å². The number of aliphatic imine (C=N–C) groups is 1. The van der Waals surface area contributed by atoms with Gasteiger partial charge < -0.3 is 24.8 Å². The summed E-state index contributed by atoms with van der Waals surface area (Å²) in [6.07, 6.45) is 1.75. The average Bonchev–Trinajstić information content (AvgIpc) is 2.82. The van der Waals surface area contributed by atoms with E-state index >= 15 is 0 Å². The number of ether oxygens (including phenoxy) is 3. The Hall–Kier alpha value is -3.74. The van der Waals surface area contributed by atoms with Crippen LogP contribution in [0.4, 0.5) is 0 Å². The van der Waals surface area contributed by atoms with Crippen molar-refractivity contribution in [3.8, 4) is 23.1 Å². The van der Waals surface area contributed by atoms with Crippen LogP contribution in [0.1, 0.15) is 18.1 Å². The number of pyridine rings is 1. The number of aromatic nitrogens is 1. The van der Waals surface area contributed by atoms with Crippen LogP contribution in [-0.2, 0) is 13.1 Å². The fraction of sp³-hybridized carbons (Fsp3) is 0.250. The lowest BCUT2D eigenvalue weighted by atomic mass is 10.2. The van der Waals surface area contributed by atoms with Gasteiger partial charge in [-0.25, -0.2) is 9.98 Å². The molecule has 7 nitrogen and oxygen atoms in total. The van der Waals surface area contributed by atoms with Crippen molar-refractivity contribution in [3.05, 3.63) is 78.0 Å². The minimum atomic E-state index is 0.449. The summed E-state index contributed by atoms with van der Waals surface area (Å²) in [4.78, 5) is 9.04. The highest BCUT2D eigenvalue weighted by atomic mass is 16.5. The number of hydrogen-bond donors (Lipinski definition) is 2. The maximum atomic E-state index is 5.91. The molecule has 0 spiro atoms. The molecule has 0 radical (unpaired) electrons. The van der Waals surface area contributed by atoms with E-state index in [9.17, 15) is 0 Å². The monoisotopic (exact) mass is 420 g/mol. The highest BCUT2D eigenvalue weighted by Crippen LogP contribution is 2.39. The number of hydrogen-bond acceptors (Lipinski definition) is 5. The largest absolute Gasteiger partial charge is 0.493 e. The molecule has 1 heterocycles. The molecule has 0 saturated heterocycles. The molecular weight excluding hydrogens is 392 g/mol. The maximum absolute atomic E-state index is 5.91. The average molecular weight is 421 g/mol. The van der Waals surface area contributed by atoms with E-state index in [0.717, 1.165) is 18.1 Å². The molecule has 3 rings (SSSR count).